The van der Waals surface area contributed by atoms with Crippen LogP contribution in [0.2, 0.25) is 0 Å². The fraction of sp³-hybridized carbons (Fsp3) is 0.588. The Bertz CT molecular complexity index is 587. The van der Waals surface area contributed by atoms with Crippen molar-refractivity contribution in [2.75, 3.05) is 13.1 Å². The molecule has 1 atom stereocenters. The molecule has 7 nitrogen and oxygen atoms in total. The summed E-state index contributed by atoms with van der Waals surface area (Å²) in [5.74, 6) is -0.794. The number of para-hydroxylation sites is 1. The smallest absolute Gasteiger partial charge is 0.317 e. The molecule has 1 aliphatic carbocycles. The van der Waals surface area contributed by atoms with Gasteiger partial charge in [-0.15, -0.1) is 0 Å². The Morgan fingerprint density at radius 2 is 2.12 bits per heavy atom. The van der Waals surface area contributed by atoms with E-state index in [9.17, 15) is 14.9 Å². The van der Waals surface area contributed by atoms with E-state index >= 15 is 0 Å². The lowest BCUT2D eigenvalue weighted by Crippen LogP contribution is -2.55. The van der Waals surface area contributed by atoms with Crippen molar-refractivity contribution in [1.29, 1.82) is 0 Å². The average molecular weight is 335 g/mol. The normalized spacial score (nSPS) is 21.3. The largest absolute Gasteiger partial charge is 0.480 e. The van der Waals surface area contributed by atoms with E-state index in [1.165, 1.54) is 6.07 Å². The van der Waals surface area contributed by atoms with Gasteiger partial charge in [0, 0.05) is 29.8 Å². The van der Waals surface area contributed by atoms with Crippen LogP contribution in [0.3, 0.4) is 0 Å². The Balaban J connectivity index is 1.82. The topological polar surface area (TPSA) is 95.7 Å². The predicted octanol–water partition coefficient (Wildman–Crippen LogP) is 2.05. The highest BCUT2D eigenvalue weighted by molar-refractivity contribution is 5.69. The molecule has 0 aromatic heterocycles. The molecule has 132 valence electrons. The van der Waals surface area contributed by atoms with Crippen molar-refractivity contribution >= 4 is 11.7 Å². The number of hydrogen-bond donors (Lipinski definition) is 2. The molecule has 0 bridgehead atoms. The number of nitro benzene ring substituents is 1. The first-order valence-corrected chi connectivity index (χ1v) is 8.34. The van der Waals surface area contributed by atoms with E-state index in [2.05, 4.69) is 5.32 Å². The van der Waals surface area contributed by atoms with Crippen LogP contribution in [0, 0.1) is 10.1 Å². The third-order valence-electron chi connectivity index (χ3n) is 4.61. The van der Waals surface area contributed by atoms with Crippen LogP contribution in [-0.2, 0) is 11.2 Å². The quantitative estimate of drug-likeness (QED) is 0.530. The monoisotopic (exact) mass is 335 g/mol. The molecule has 2 rings (SSSR count). The first kappa shape index (κ1) is 18.4. The summed E-state index contributed by atoms with van der Waals surface area (Å²) in [5.41, 5.74) is 0.899. The van der Waals surface area contributed by atoms with E-state index in [1.54, 1.807) is 12.1 Å². The number of rotatable bonds is 9. The number of aliphatic carboxylic acids is 1. The zero-order chi connectivity index (χ0) is 17.7. The Kier molecular flexibility index (Phi) is 6.28. The summed E-state index contributed by atoms with van der Waals surface area (Å²) in [6, 6.07) is 7.61. The molecule has 1 fully saturated rings. The summed E-state index contributed by atoms with van der Waals surface area (Å²) < 4.78 is 0. The number of benzene rings is 1. The van der Waals surface area contributed by atoms with E-state index in [1.807, 2.05) is 24.8 Å². The van der Waals surface area contributed by atoms with Crippen molar-refractivity contribution in [3.8, 4) is 0 Å². The standard InChI is InChI=1S/C17H25N3O4/c1-3-19(11-17(21)22)15-9-14(10-15)18-12(2)8-13-6-4-5-7-16(13)20(23)24/h4-7,12,14-15,18H,3,8-11H2,1-2H3,(H,21,22). The number of carbonyl (C=O) groups is 1. The number of likely N-dealkylation sites (N-methyl/N-ethyl adjacent to an activating group) is 1. The lowest BCUT2D eigenvalue weighted by atomic mass is 9.84. The van der Waals surface area contributed by atoms with E-state index in [4.69, 9.17) is 5.11 Å². The van der Waals surface area contributed by atoms with Crippen LogP contribution in [0.5, 0.6) is 0 Å². The fourth-order valence-electron chi connectivity index (χ4n) is 3.35. The molecule has 1 aliphatic rings. The first-order chi connectivity index (χ1) is 11.4. The molecule has 1 saturated carbocycles. The van der Waals surface area contributed by atoms with Gasteiger partial charge in [-0.25, -0.2) is 0 Å². The molecule has 2 N–H and O–H groups in total. The minimum Gasteiger partial charge on any atom is -0.480 e. The van der Waals surface area contributed by atoms with Gasteiger partial charge in [-0.2, -0.15) is 0 Å². The molecule has 1 unspecified atom stereocenters. The van der Waals surface area contributed by atoms with E-state index in [-0.39, 0.29) is 23.2 Å². The van der Waals surface area contributed by atoms with Crippen molar-refractivity contribution in [2.45, 2.75) is 51.2 Å². The van der Waals surface area contributed by atoms with Crippen LogP contribution in [0.4, 0.5) is 5.69 Å². The zero-order valence-electron chi connectivity index (χ0n) is 14.1. The van der Waals surface area contributed by atoms with Gasteiger partial charge in [0.05, 0.1) is 11.5 Å². The third kappa shape index (κ3) is 4.75. The second-order valence-electron chi connectivity index (χ2n) is 6.44. The number of carboxylic acid groups (broad SMARTS) is 1. The molecule has 0 heterocycles. The fourth-order valence-corrected chi connectivity index (χ4v) is 3.35. The van der Waals surface area contributed by atoms with Crippen molar-refractivity contribution < 1.29 is 14.8 Å². The Morgan fingerprint density at radius 1 is 1.46 bits per heavy atom. The number of hydrogen-bond acceptors (Lipinski definition) is 5. The van der Waals surface area contributed by atoms with E-state index in [0.29, 0.717) is 18.5 Å². The van der Waals surface area contributed by atoms with Gasteiger partial charge in [0.1, 0.15) is 0 Å². The molecule has 0 aliphatic heterocycles. The third-order valence-corrected chi connectivity index (χ3v) is 4.61. The van der Waals surface area contributed by atoms with Crippen LogP contribution < -0.4 is 5.32 Å². The van der Waals surface area contributed by atoms with Gasteiger partial charge in [-0.05, 0) is 32.7 Å². The summed E-state index contributed by atoms with van der Waals surface area (Å²) in [5, 5.41) is 23.5. The van der Waals surface area contributed by atoms with Gasteiger partial charge in [-0.3, -0.25) is 19.8 Å². The summed E-state index contributed by atoms with van der Waals surface area (Å²) >= 11 is 0. The van der Waals surface area contributed by atoms with Gasteiger partial charge in [0.2, 0.25) is 0 Å². The minimum atomic E-state index is -0.794. The minimum absolute atomic E-state index is 0.0830. The molecule has 1 aromatic carbocycles. The maximum atomic E-state index is 11.1. The average Bonchev–Trinajstić information content (AvgIpc) is 2.48. The van der Waals surface area contributed by atoms with Crippen LogP contribution in [0.15, 0.2) is 24.3 Å². The highest BCUT2D eigenvalue weighted by atomic mass is 16.6. The highest BCUT2D eigenvalue weighted by Gasteiger charge is 2.34. The Morgan fingerprint density at radius 3 is 2.71 bits per heavy atom. The number of nitrogens with one attached hydrogen (secondary N) is 1. The van der Waals surface area contributed by atoms with Gasteiger partial charge < -0.3 is 10.4 Å². The molecule has 24 heavy (non-hydrogen) atoms. The number of carboxylic acids is 1. The summed E-state index contributed by atoms with van der Waals surface area (Å²) in [6.45, 7) is 4.81. The van der Waals surface area contributed by atoms with Crippen molar-refractivity contribution in [1.82, 2.24) is 10.2 Å². The predicted molar refractivity (Wildman–Crippen MR) is 91.1 cm³/mol. The van der Waals surface area contributed by atoms with Crippen molar-refractivity contribution in [2.24, 2.45) is 0 Å². The Hall–Kier alpha value is -1.99. The zero-order valence-corrected chi connectivity index (χ0v) is 14.1. The van der Waals surface area contributed by atoms with E-state index < -0.39 is 5.97 Å². The molecular formula is C17H25N3O4. The number of nitrogens with zero attached hydrogens (tertiary/aromatic N) is 2. The maximum absolute atomic E-state index is 11.1. The molecule has 0 radical (unpaired) electrons. The molecular weight excluding hydrogens is 310 g/mol. The van der Waals surface area contributed by atoms with Crippen molar-refractivity contribution in [3.05, 3.63) is 39.9 Å². The number of nitro groups is 1. The summed E-state index contributed by atoms with van der Waals surface area (Å²) in [6.07, 6.45) is 2.44. The van der Waals surface area contributed by atoms with E-state index in [0.717, 1.165) is 24.9 Å². The van der Waals surface area contributed by atoms with Gasteiger partial charge in [0.25, 0.3) is 5.69 Å². The molecule has 7 heteroatoms. The molecule has 0 spiro atoms. The molecule has 0 saturated heterocycles. The first-order valence-electron chi connectivity index (χ1n) is 8.34. The van der Waals surface area contributed by atoms with Gasteiger partial charge >= 0.3 is 5.97 Å². The maximum Gasteiger partial charge on any atom is 0.317 e. The lowest BCUT2D eigenvalue weighted by Gasteiger charge is -2.43. The van der Waals surface area contributed by atoms with Crippen LogP contribution >= 0.6 is 0 Å². The SMILES string of the molecule is CCN(CC(=O)O)C1CC(NC(C)Cc2ccccc2[N+](=O)[O-])C1. The van der Waals surface area contributed by atoms with Gasteiger partial charge in [0.15, 0.2) is 0 Å². The Labute approximate surface area is 141 Å². The molecule has 1 aromatic rings. The van der Waals surface area contributed by atoms with Crippen LogP contribution in [0.25, 0.3) is 0 Å². The second-order valence-corrected chi connectivity index (χ2v) is 6.44. The van der Waals surface area contributed by atoms with Crippen LogP contribution in [-0.4, -0.2) is 52.1 Å². The summed E-state index contributed by atoms with van der Waals surface area (Å²) in [7, 11) is 0. The van der Waals surface area contributed by atoms with Gasteiger partial charge in [-0.1, -0.05) is 25.1 Å². The molecule has 0 amide bonds. The lowest BCUT2D eigenvalue weighted by molar-refractivity contribution is -0.385. The second kappa shape index (κ2) is 8.21. The highest BCUT2D eigenvalue weighted by Crippen LogP contribution is 2.27. The van der Waals surface area contributed by atoms with Crippen molar-refractivity contribution in [3.63, 3.8) is 0 Å². The van der Waals surface area contributed by atoms with Crippen LogP contribution in [0.1, 0.15) is 32.3 Å². The summed E-state index contributed by atoms with van der Waals surface area (Å²) in [4.78, 5) is 23.6.